The van der Waals surface area contributed by atoms with Crippen molar-refractivity contribution in [1.82, 2.24) is 15.3 Å². The summed E-state index contributed by atoms with van der Waals surface area (Å²) in [5.74, 6) is 1.12. The Balaban J connectivity index is 1.87. The van der Waals surface area contributed by atoms with E-state index in [1.807, 2.05) is 6.07 Å². The number of nitrogen functional groups attached to an aromatic ring is 1. The van der Waals surface area contributed by atoms with Gasteiger partial charge in [-0.2, -0.15) is 4.98 Å². The van der Waals surface area contributed by atoms with Crippen molar-refractivity contribution in [3.8, 4) is 0 Å². The van der Waals surface area contributed by atoms with Crippen LogP contribution >= 0.6 is 0 Å². The highest BCUT2D eigenvalue weighted by molar-refractivity contribution is 5.73. The fourth-order valence-corrected chi connectivity index (χ4v) is 3.69. The number of amides is 1. The third-order valence-corrected chi connectivity index (χ3v) is 5.19. The number of rotatable bonds is 8. The standard InChI is InChI=1S/C21H29N7O3/c1-3-4-6-15-12-20(27-10-5-7-17(13-27)23-14(2)29)26-21(24-15)25-16-8-9-18(22)19(11-16)28(30)31/h8-9,11-12,17H,3-7,10,13,22H2,1-2H3,(H,23,29)(H,24,25,26)/t17-/m1/s1. The molecular weight excluding hydrogens is 398 g/mol. The van der Waals surface area contributed by atoms with Crippen LogP contribution in [0.3, 0.4) is 0 Å². The van der Waals surface area contributed by atoms with E-state index in [-0.39, 0.29) is 23.3 Å². The molecule has 10 nitrogen and oxygen atoms in total. The number of hydrogen-bond donors (Lipinski definition) is 3. The van der Waals surface area contributed by atoms with Gasteiger partial charge in [0.25, 0.3) is 5.69 Å². The molecule has 0 unspecified atom stereocenters. The minimum atomic E-state index is -0.514. The Hall–Kier alpha value is -3.43. The summed E-state index contributed by atoms with van der Waals surface area (Å²) in [6, 6.07) is 6.60. The van der Waals surface area contributed by atoms with E-state index in [0.29, 0.717) is 18.2 Å². The van der Waals surface area contributed by atoms with Gasteiger partial charge in [-0.1, -0.05) is 13.3 Å². The molecule has 2 heterocycles. The number of nitro groups is 1. The first kappa shape index (κ1) is 22.3. The topological polar surface area (TPSA) is 139 Å². The fourth-order valence-electron chi connectivity index (χ4n) is 3.69. The summed E-state index contributed by atoms with van der Waals surface area (Å²) in [7, 11) is 0. The van der Waals surface area contributed by atoms with E-state index in [4.69, 9.17) is 5.73 Å². The first-order chi connectivity index (χ1) is 14.9. The molecule has 1 aromatic heterocycles. The summed E-state index contributed by atoms with van der Waals surface area (Å²) in [6.07, 6.45) is 4.74. The van der Waals surface area contributed by atoms with Crippen molar-refractivity contribution in [2.45, 2.75) is 52.0 Å². The highest BCUT2D eigenvalue weighted by Crippen LogP contribution is 2.27. The average Bonchev–Trinajstić information content (AvgIpc) is 2.73. The van der Waals surface area contributed by atoms with Crippen LogP contribution < -0.4 is 21.3 Å². The van der Waals surface area contributed by atoms with E-state index in [9.17, 15) is 14.9 Å². The second kappa shape index (κ2) is 10.1. The van der Waals surface area contributed by atoms with Gasteiger partial charge in [0.15, 0.2) is 0 Å². The van der Waals surface area contributed by atoms with Gasteiger partial charge in [-0.25, -0.2) is 4.98 Å². The number of unbranched alkanes of at least 4 members (excludes halogenated alkanes) is 1. The molecule has 1 aliphatic heterocycles. The number of nitrogens with two attached hydrogens (primary N) is 1. The number of nitro benzene ring substituents is 1. The lowest BCUT2D eigenvalue weighted by Crippen LogP contribution is -2.47. The summed E-state index contributed by atoms with van der Waals surface area (Å²) < 4.78 is 0. The van der Waals surface area contributed by atoms with Gasteiger partial charge >= 0.3 is 0 Å². The largest absolute Gasteiger partial charge is 0.393 e. The lowest BCUT2D eigenvalue weighted by Gasteiger charge is -2.34. The highest BCUT2D eigenvalue weighted by Gasteiger charge is 2.22. The van der Waals surface area contributed by atoms with Crippen LogP contribution in [0.15, 0.2) is 24.3 Å². The normalized spacial score (nSPS) is 16.1. The molecule has 166 valence electrons. The summed E-state index contributed by atoms with van der Waals surface area (Å²) in [5.41, 5.74) is 7.03. The number of hydrogen-bond acceptors (Lipinski definition) is 8. The Morgan fingerprint density at radius 2 is 2.16 bits per heavy atom. The molecule has 1 aromatic carbocycles. The average molecular weight is 428 g/mol. The Morgan fingerprint density at radius 1 is 1.35 bits per heavy atom. The molecule has 1 amide bonds. The van der Waals surface area contributed by atoms with Crippen LogP contribution in [-0.4, -0.2) is 39.9 Å². The van der Waals surface area contributed by atoms with Gasteiger partial charge in [0.05, 0.1) is 4.92 Å². The third kappa shape index (κ3) is 6.03. The van der Waals surface area contributed by atoms with Crippen molar-refractivity contribution in [3.63, 3.8) is 0 Å². The van der Waals surface area contributed by atoms with Crippen LogP contribution in [0.2, 0.25) is 0 Å². The minimum absolute atomic E-state index is 0.0366. The third-order valence-electron chi connectivity index (χ3n) is 5.19. The van der Waals surface area contributed by atoms with E-state index in [0.717, 1.165) is 50.2 Å². The maximum absolute atomic E-state index is 11.5. The molecule has 0 spiro atoms. The predicted molar refractivity (Wildman–Crippen MR) is 120 cm³/mol. The summed E-state index contributed by atoms with van der Waals surface area (Å²) in [6.45, 7) is 5.17. The molecule has 0 saturated carbocycles. The van der Waals surface area contributed by atoms with Crippen LogP contribution in [0.25, 0.3) is 0 Å². The van der Waals surface area contributed by atoms with Crippen LogP contribution in [0.1, 0.15) is 45.2 Å². The molecule has 0 bridgehead atoms. The van der Waals surface area contributed by atoms with Crippen molar-refractivity contribution in [3.05, 3.63) is 40.1 Å². The molecule has 1 saturated heterocycles. The fraction of sp³-hybridized carbons (Fsp3) is 0.476. The van der Waals surface area contributed by atoms with E-state index < -0.39 is 4.92 Å². The number of nitrogens with zero attached hydrogens (tertiary/aromatic N) is 4. The van der Waals surface area contributed by atoms with E-state index in [1.54, 1.807) is 6.07 Å². The first-order valence-corrected chi connectivity index (χ1v) is 10.6. The van der Waals surface area contributed by atoms with Gasteiger partial charge in [0.2, 0.25) is 11.9 Å². The molecule has 0 radical (unpaired) electrons. The van der Waals surface area contributed by atoms with Crippen molar-refractivity contribution in [2.24, 2.45) is 0 Å². The zero-order chi connectivity index (χ0) is 22.4. The number of benzene rings is 1. The smallest absolute Gasteiger partial charge is 0.294 e. The van der Waals surface area contributed by atoms with Crippen molar-refractivity contribution < 1.29 is 9.72 Å². The van der Waals surface area contributed by atoms with Crippen LogP contribution in [0.5, 0.6) is 0 Å². The predicted octanol–water partition coefficient (Wildman–Crippen LogP) is 3.16. The van der Waals surface area contributed by atoms with Gasteiger partial charge in [0, 0.05) is 49.6 Å². The van der Waals surface area contributed by atoms with Gasteiger partial charge < -0.3 is 21.3 Å². The van der Waals surface area contributed by atoms with Crippen molar-refractivity contribution >= 4 is 34.7 Å². The van der Waals surface area contributed by atoms with Crippen LogP contribution in [0, 0.1) is 10.1 Å². The van der Waals surface area contributed by atoms with Gasteiger partial charge in [-0.3, -0.25) is 14.9 Å². The second-order valence-electron chi connectivity index (χ2n) is 7.79. The number of carbonyl (C=O) groups excluding carboxylic acids is 1. The molecule has 4 N–H and O–H groups in total. The summed E-state index contributed by atoms with van der Waals surface area (Å²) in [4.78, 5) is 33.6. The number of piperidine rings is 1. The summed E-state index contributed by atoms with van der Waals surface area (Å²) >= 11 is 0. The molecular formula is C21H29N7O3. The molecule has 3 rings (SSSR count). The SMILES string of the molecule is CCCCc1cc(N2CCC[C@@H](NC(C)=O)C2)nc(Nc2ccc(N)c([N+](=O)[O-])c2)n1. The van der Waals surface area contributed by atoms with E-state index >= 15 is 0 Å². The molecule has 1 atom stereocenters. The van der Waals surface area contributed by atoms with Gasteiger partial charge in [-0.05, 0) is 37.8 Å². The second-order valence-corrected chi connectivity index (χ2v) is 7.79. The van der Waals surface area contributed by atoms with E-state index in [2.05, 4.69) is 32.4 Å². The quantitative estimate of drug-likeness (QED) is 0.332. The number of aryl methyl sites for hydroxylation is 1. The Morgan fingerprint density at radius 3 is 2.87 bits per heavy atom. The Bertz CT molecular complexity index is 951. The lowest BCUT2D eigenvalue weighted by molar-refractivity contribution is -0.383. The Labute approximate surface area is 181 Å². The minimum Gasteiger partial charge on any atom is -0.393 e. The van der Waals surface area contributed by atoms with Crippen molar-refractivity contribution in [1.29, 1.82) is 0 Å². The molecule has 1 aliphatic rings. The lowest BCUT2D eigenvalue weighted by atomic mass is 10.1. The van der Waals surface area contributed by atoms with Crippen LogP contribution in [-0.2, 0) is 11.2 Å². The molecule has 10 heteroatoms. The highest BCUT2D eigenvalue weighted by atomic mass is 16.6. The maximum atomic E-state index is 11.5. The zero-order valence-corrected chi connectivity index (χ0v) is 17.9. The maximum Gasteiger partial charge on any atom is 0.294 e. The zero-order valence-electron chi connectivity index (χ0n) is 17.9. The number of aromatic nitrogens is 2. The Kier molecular flexibility index (Phi) is 7.22. The number of anilines is 4. The van der Waals surface area contributed by atoms with Crippen LogP contribution in [0.4, 0.5) is 28.8 Å². The monoisotopic (exact) mass is 427 g/mol. The molecule has 31 heavy (non-hydrogen) atoms. The van der Waals surface area contributed by atoms with Gasteiger partial charge in [-0.15, -0.1) is 0 Å². The number of nitrogens with one attached hydrogen (secondary N) is 2. The summed E-state index contributed by atoms with van der Waals surface area (Å²) in [5, 5.41) is 17.3. The van der Waals surface area contributed by atoms with Crippen molar-refractivity contribution in [2.75, 3.05) is 29.0 Å². The molecule has 0 aliphatic carbocycles. The first-order valence-electron chi connectivity index (χ1n) is 10.6. The van der Waals surface area contributed by atoms with E-state index in [1.165, 1.54) is 19.1 Å². The molecule has 2 aromatic rings. The number of carbonyl (C=O) groups is 1. The molecule has 1 fully saturated rings. The van der Waals surface area contributed by atoms with Gasteiger partial charge in [0.1, 0.15) is 11.5 Å².